The molecule has 0 radical (unpaired) electrons. The summed E-state index contributed by atoms with van der Waals surface area (Å²) in [5, 5.41) is 0. The summed E-state index contributed by atoms with van der Waals surface area (Å²) in [6.45, 7) is 4.67. The molecule has 1 unspecified atom stereocenters. The van der Waals surface area contributed by atoms with Gasteiger partial charge in [0.15, 0.2) is 0 Å². The molecule has 0 bridgehead atoms. The van der Waals surface area contributed by atoms with Crippen molar-refractivity contribution >= 4 is 5.91 Å². The van der Waals surface area contributed by atoms with E-state index in [1.54, 1.807) is 19.1 Å². The number of benzene rings is 1. The zero-order valence-electron chi connectivity index (χ0n) is 12.6. The van der Waals surface area contributed by atoms with Gasteiger partial charge in [-0.05, 0) is 31.5 Å². The van der Waals surface area contributed by atoms with Gasteiger partial charge in [-0.1, -0.05) is 17.9 Å². The van der Waals surface area contributed by atoms with Crippen molar-refractivity contribution in [2.75, 3.05) is 27.3 Å². The van der Waals surface area contributed by atoms with E-state index >= 15 is 0 Å². The Kier molecular flexibility index (Phi) is 6.23. The molecule has 4 heteroatoms. The fraction of sp³-hybridized carbons (Fsp3) is 0.438. The van der Waals surface area contributed by atoms with Crippen molar-refractivity contribution in [1.29, 1.82) is 0 Å². The Labute approximate surface area is 120 Å². The molecule has 0 saturated heterocycles. The van der Waals surface area contributed by atoms with E-state index in [0.29, 0.717) is 18.7 Å². The molecule has 0 aliphatic heterocycles. The van der Waals surface area contributed by atoms with Crippen LogP contribution in [0.25, 0.3) is 0 Å². The van der Waals surface area contributed by atoms with E-state index in [-0.39, 0.29) is 11.9 Å². The number of nitrogens with two attached hydrogens (primary N) is 1. The van der Waals surface area contributed by atoms with Crippen LogP contribution in [0, 0.1) is 18.8 Å². The van der Waals surface area contributed by atoms with E-state index in [1.807, 2.05) is 32.0 Å². The second-order valence-corrected chi connectivity index (χ2v) is 4.70. The second-order valence-electron chi connectivity index (χ2n) is 4.70. The first-order chi connectivity index (χ1) is 9.52. The summed E-state index contributed by atoms with van der Waals surface area (Å²) in [4.78, 5) is 14.2. The molecule has 0 fully saturated rings. The largest absolute Gasteiger partial charge is 0.383 e. The average Bonchev–Trinajstić information content (AvgIpc) is 2.45. The van der Waals surface area contributed by atoms with Gasteiger partial charge in [-0.3, -0.25) is 4.79 Å². The van der Waals surface area contributed by atoms with Crippen molar-refractivity contribution in [2.24, 2.45) is 5.73 Å². The third-order valence-corrected chi connectivity index (χ3v) is 3.28. The molecular formula is C16H22N2O2. The lowest BCUT2D eigenvalue weighted by Crippen LogP contribution is -2.38. The maximum atomic E-state index is 12.5. The van der Waals surface area contributed by atoms with E-state index in [9.17, 15) is 4.79 Å². The highest BCUT2D eigenvalue weighted by Gasteiger charge is 2.19. The quantitative estimate of drug-likeness (QED) is 0.845. The van der Waals surface area contributed by atoms with Gasteiger partial charge in [0.05, 0.1) is 19.2 Å². The lowest BCUT2D eigenvalue weighted by molar-refractivity contribution is 0.0633. The van der Waals surface area contributed by atoms with E-state index < -0.39 is 0 Å². The molecule has 4 nitrogen and oxygen atoms in total. The van der Waals surface area contributed by atoms with Crippen LogP contribution in [0.1, 0.15) is 28.4 Å². The fourth-order valence-electron chi connectivity index (χ4n) is 1.89. The van der Waals surface area contributed by atoms with E-state index in [4.69, 9.17) is 10.5 Å². The van der Waals surface area contributed by atoms with Gasteiger partial charge in [-0.25, -0.2) is 0 Å². The summed E-state index contributed by atoms with van der Waals surface area (Å²) in [6.07, 6.45) is 0. The third-order valence-electron chi connectivity index (χ3n) is 3.28. The first kappa shape index (κ1) is 16.2. The SMILES string of the molecule is COCC(C)N(C)C(=O)c1cccc(C#CCN)c1C. The fourth-order valence-corrected chi connectivity index (χ4v) is 1.89. The second kappa shape index (κ2) is 7.68. The molecule has 1 rings (SSSR count). The van der Waals surface area contributed by atoms with Gasteiger partial charge >= 0.3 is 0 Å². The Balaban J connectivity index is 3.05. The van der Waals surface area contributed by atoms with Crippen LogP contribution in [0.2, 0.25) is 0 Å². The van der Waals surface area contributed by atoms with Crippen LogP contribution in [0.3, 0.4) is 0 Å². The third kappa shape index (κ3) is 3.83. The number of amides is 1. The summed E-state index contributed by atoms with van der Waals surface area (Å²) in [6, 6.07) is 5.58. The van der Waals surface area contributed by atoms with Crippen molar-refractivity contribution in [2.45, 2.75) is 19.9 Å². The summed E-state index contributed by atoms with van der Waals surface area (Å²) < 4.78 is 5.09. The van der Waals surface area contributed by atoms with Crippen molar-refractivity contribution in [3.8, 4) is 11.8 Å². The molecule has 1 aromatic carbocycles. The number of ether oxygens (including phenoxy) is 1. The van der Waals surface area contributed by atoms with Crippen molar-refractivity contribution in [3.63, 3.8) is 0 Å². The summed E-state index contributed by atoms with van der Waals surface area (Å²) in [5.74, 6) is 5.78. The molecule has 0 saturated carbocycles. The molecule has 0 aliphatic carbocycles. The van der Waals surface area contributed by atoms with E-state index in [0.717, 1.165) is 11.1 Å². The van der Waals surface area contributed by atoms with Crippen LogP contribution in [0.5, 0.6) is 0 Å². The topological polar surface area (TPSA) is 55.6 Å². The van der Waals surface area contributed by atoms with Gasteiger partial charge in [0, 0.05) is 25.3 Å². The zero-order chi connectivity index (χ0) is 15.1. The summed E-state index contributed by atoms with van der Waals surface area (Å²) in [7, 11) is 3.41. The van der Waals surface area contributed by atoms with Crippen LogP contribution in [0.15, 0.2) is 18.2 Å². The van der Waals surface area contributed by atoms with Crippen LogP contribution in [0.4, 0.5) is 0 Å². The number of methoxy groups -OCH3 is 1. The predicted octanol–water partition coefficient (Wildman–Crippen LogP) is 1.41. The van der Waals surface area contributed by atoms with Gasteiger partial charge in [0.25, 0.3) is 5.91 Å². The molecule has 2 N–H and O–H groups in total. The smallest absolute Gasteiger partial charge is 0.254 e. The van der Waals surface area contributed by atoms with Crippen LogP contribution < -0.4 is 5.73 Å². The number of carbonyl (C=O) groups is 1. The number of carbonyl (C=O) groups excluding carboxylic acids is 1. The molecule has 108 valence electrons. The van der Waals surface area contributed by atoms with E-state index in [2.05, 4.69) is 11.8 Å². The van der Waals surface area contributed by atoms with Crippen molar-refractivity contribution in [3.05, 3.63) is 34.9 Å². The normalized spacial score (nSPS) is 11.4. The van der Waals surface area contributed by atoms with Crippen molar-refractivity contribution in [1.82, 2.24) is 4.90 Å². The standard InChI is InChI=1S/C16H22N2O2/c1-12(11-20-4)18(3)16(19)15-9-5-7-14(13(15)2)8-6-10-17/h5,7,9,12H,10-11,17H2,1-4H3. The Bertz CT molecular complexity index is 529. The lowest BCUT2D eigenvalue weighted by atomic mass is 10.0. The number of rotatable bonds is 4. The number of hydrogen-bond donors (Lipinski definition) is 1. The van der Waals surface area contributed by atoms with E-state index in [1.165, 1.54) is 0 Å². The molecule has 1 amide bonds. The maximum Gasteiger partial charge on any atom is 0.254 e. The minimum Gasteiger partial charge on any atom is -0.383 e. The van der Waals surface area contributed by atoms with Gasteiger partial charge < -0.3 is 15.4 Å². The molecule has 0 heterocycles. The van der Waals surface area contributed by atoms with Gasteiger partial charge in [-0.2, -0.15) is 0 Å². The highest BCUT2D eigenvalue weighted by molar-refractivity contribution is 5.96. The Hall–Kier alpha value is -1.83. The maximum absolute atomic E-state index is 12.5. The molecule has 0 spiro atoms. The van der Waals surface area contributed by atoms with Gasteiger partial charge in [-0.15, -0.1) is 0 Å². The highest BCUT2D eigenvalue weighted by Crippen LogP contribution is 2.16. The van der Waals surface area contributed by atoms with Crippen molar-refractivity contribution < 1.29 is 9.53 Å². The molecular weight excluding hydrogens is 252 g/mol. The lowest BCUT2D eigenvalue weighted by Gasteiger charge is -2.25. The first-order valence-corrected chi connectivity index (χ1v) is 6.57. The summed E-state index contributed by atoms with van der Waals surface area (Å²) >= 11 is 0. The van der Waals surface area contributed by atoms with Gasteiger partial charge in [0.1, 0.15) is 0 Å². The average molecular weight is 274 g/mol. The van der Waals surface area contributed by atoms with Gasteiger partial charge in [0.2, 0.25) is 0 Å². The zero-order valence-corrected chi connectivity index (χ0v) is 12.6. The Morgan fingerprint density at radius 3 is 2.80 bits per heavy atom. The highest BCUT2D eigenvalue weighted by atomic mass is 16.5. The number of nitrogens with zero attached hydrogens (tertiary/aromatic N) is 1. The number of hydrogen-bond acceptors (Lipinski definition) is 3. The summed E-state index contributed by atoms with van der Waals surface area (Å²) in [5.41, 5.74) is 7.77. The Morgan fingerprint density at radius 2 is 2.20 bits per heavy atom. The van der Waals surface area contributed by atoms with Crippen LogP contribution in [-0.2, 0) is 4.74 Å². The Morgan fingerprint density at radius 1 is 1.50 bits per heavy atom. The molecule has 1 aromatic rings. The predicted molar refractivity (Wildman–Crippen MR) is 80.5 cm³/mol. The molecule has 0 aliphatic rings. The minimum atomic E-state index is -0.0246. The van der Waals surface area contributed by atoms with Crippen LogP contribution >= 0.6 is 0 Å². The minimum absolute atomic E-state index is 0.0192. The molecule has 0 aromatic heterocycles. The number of likely N-dealkylation sites (N-methyl/N-ethyl adjacent to an activating group) is 1. The monoisotopic (exact) mass is 274 g/mol. The van der Waals surface area contributed by atoms with Crippen LogP contribution in [-0.4, -0.2) is 44.2 Å². The molecule has 1 atom stereocenters. The first-order valence-electron chi connectivity index (χ1n) is 6.57. The molecule has 20 heavy (non-hydrogen) atoms.